The van der Waals surface area contributed by atoms with Gasteiger partial charge in [-0.3, -0.25) is 0 Å². The summed E-state index contributed by atoms with van der Waals surface area (Å²) in [6.07, 6.45) is 1.06. The maximum Gasteiger partial charge on any atom is 0.184 e. The molecule has 1 nitrogen and oxygen atoms in total. The smallest absolute Gasteiger partial charge is 0.184 e. The van der Waals surface area contributed by atoms with E-state index in [-0.39, 0.29) is 0 Å². The number of halogens is 1. The number of hydrogen-bond donors (Lipinski definition) is 0. The van der Waals surface area contributed by atoms with E-state index in [1.165, 1.54) is 21.6 Å². The van der Waals surface area contributed by atoms with Crippen LogP contribution in [0.1, 0.15) is 26.3 Å². The average Bonchev–Trinajstić information content (AvgIpc) is 2.59. The lowest BCUT2D eigenvalue weighted by Crippen LogP contribution is -1.77. The molecule has 0 aliphatic rings. The first-order valence-electron chi connectivity index (χ1n) is 4.84. The zero-order valence-electron chi connectivity index (χ0n) is 8.67. The Morgan fingerprint density at radius 1 is 1.36 bits per heavy atom. The molecule has 0 saturated heterocycles. The fourth-order valence-corrected chi connectivity index (χ4v) is 2.26. The van der Waals surface area contributed by atoms with Gasteiger partial charge in [-0.05, 0) is 24.1 Å². The highest BCUT2D eigenvalue weighted by Crippen LogP contribution is 2.26. The Balaban J connectivity index is 0.000000461. The van der Waals surface area contributed by atoms with Gasteiger partial charge in [-0.15, -0.1) is 11.3 Å². The molecule has 0 aliphatic carbocycles. The number of rotatable bonds is 1. The number of hydrogen-bond acceptors (Lipinski definition) is 2. The summed E-state index contributed by atoms with van der Waals surface area (Å²) in [4.78, 5) is 4.17. The van der Waals surface area contributed by atoms with Crippen molar-refractivity contribution in [2.24, 2.45) is 0 Å². The largest absolute Gasteiger partial charge is 0.225 e. The molecule has 1 heterocycles. The van der Waals surface area contributed by atoms with Gasteiger partial charge in [0.05, 0.1) is 10.2 Å². The molecule has 0 atom stereocenters. The third-order valence-electron chi connectivity index (χ3n) is 1.83. The minimum Gasteiger partial charge on any atom is -0.225 e. The minimum absolute atomic E-state index is 0.623. The van der Waals surface area contributed by atoms with Crippen molar-refractivity contribution in [3.8, 4) is 0 Å². The molecule has 0 aliphatic heterocycles. The molecule has 0 N–H and O–H groups in total. The van der Waals surface area contributed by atoms with Crippen molar-refractivity contribution in [1.82, 2.24) is 4.98 Å². The molecule has 2 aromatic rings. The van der Waals surface area contributed by atoms with E-state index in [0.717, 1.165) is 11.9 Å². The van der Waals surface area contributed by atoms with E-state index in [9.17, 15) is 0 Å². The highest BCUT2D eigenvalue weighted by Gasteiger charge is 2.00. The van der Waals surface area contributed by atoms with Crippen molar-refractivity contribution in [3.05, 3.63) is 28.2 Å². The van der Waals surface area contributed by atoms with E-state index < -0.39 is 0 Å². The second-order valence-electron chi connectivity index (χ2n) is 2.62. The summed E-state index contributed by atoms with van der Waals surface area (Å²) in [5.74, 6) is 0. The Kier molecular flexibility index (Phi) is 4.36. The fraction of sp³-hybridized carbons (Fsp3) is 0.364. The molecule has 0 amide bonds. The van der Waals surface area contributed by atoms with E-state index in [4.69, 9.17) is 11.6 Å². The van der Waals surface area contributed by atoms with Crippen LogP contribution < -0.4 is 0 Å². The van der Waals surface area contributed by atoms with Gasteiger partial charge in [0.25, 0.3) is 0 Å². The molecule has 2 rings (SSSR count). The Labute approximate surface area is 93.7 Å². The molecule has 1 aromatic heterocycles. The van der Waals surface area contributed by atoms with Crippen molar-refractivity contribution >= 4 is 33.2 Å². The van der Waals surface area contributed by atoms with Crippen molar-refractivity contribution in [2.75, 3.05) is 0 Å². The quantitative estimate of drug-likeness (QED) is 0.697. The number of thiazole rings is 1. The van der Waals surface area contributed by atoms with Crippen LogP contribution in [0.15, 0.2) is 18.2 Å². The van der Waals surface area contributed by atoms with E-state index in [1.54, 1.807) is 0 Å². The van der Waals surface area contributed by atoms with Crippen LogP contribution in [0.4, 0.5) is 0 Å². The highest BCUT2D eigenvalue weighted by atomic mass is 35.5. The summed E-state index contributed by atoms with van der Waals surface area (Å²) >= 11 is 7.32. The highest BCUT2D eigenvalue weighted by molar-refractivity contribution is 7.22. The van der Waals surface area contributed by atoms with Crippen LogP contribution in [0.2, 0.25) is 4.47 Å². The number of aromatic nitrogens is 1. The SMILES string of the molecule is CC.CCc1ccc2nc(Cl)sc2c1. The Hall–Kier alpha value is -0.600. The Bertz CT molecular complexity index is 409. The van der Waals surface area contributed by atoms with Crippen molar-refractivity contribution in [1.29, 1.82) is 0 Å². The van der Waals surface area contributed by atoms with Crippen LogP contribution in [-0.4, -0.2) is 4.98 Å². The zero-order chi connectivity index (χ0) is 10.6. The molecule has 0 bridgehead atoms. The van der Waals surface area contributed by atoms with E-state index in [1.807, 2.05) is 19.9 Å². The number of nitrogens with zero attached hydrogens (tertiary/aromatic N) is 1. The van der Waals surface area contributed by atoms with Gasteiger partial charge < -0.3 is 0 Å². The van der Waals surface area contributed by atoms with Crippen LogP contribution in [0.3, 0.4) is 0 Å². The van der Waals surface area contributed by atoms with E-state index in [0.29, 0.717) is 4.47 Å². The minimum atomic E-state index is 0.623. The van der Waals surface area contributed by atoms with Gasteiger partial charge in [0.1, 0.15) is 0 Å². The molecule has 0 unspecified atom stereocenters. The van der Waals surface area contributed by atoms with Gasteiger partial charge in [0.15, 0.2) is 4.47 Å². The maximum atomic E-state index is 5.79. The Morgan fingerprint density at radius 2 is 2.07 bits per heavy atom. The van der Waals surface area contributed by atoms with Gasteiger partial charge in [-0.1, -0.05) is 38.4 Å². The van der Waals surface area contributed by atoms with Crippen molar-refractivity contribution in [2.45, 2.75) is 27.2 Å². The number of benzene rings is 1. The van der Waals surface area contributed by atoms with Gasteiger partial charge >= 0.3 is 0 Å². The van der Waals surface area contributed by atoms with Crippen LogP contribution in [0.5, 0.6) is 0 Å². The first-order valence-corrected chi connectivity index (χ1v) is 6.04. The molecule has 0 radical (unpaired) electrons. The van der Waals surface area contributed by atoms with Crippen LogP contribution >= 0.6 is 22.9 Å². The third kappa shape index (κ3) is 2.46. The summed E-state index contributed by atoms with van der Waals surface area (Å²) in [6.45, 7) is 6.14. The summed E-state index contributed by atoms with van der Waals surface area (Å²) < 4.78 is 1.80. The second kappa shape index (κ2) is 5.32. The number of aryl methyl sites for hydroxylation is 1. The third-order valence-corrected chi connectivity index (χ3v) is 2.96. The normalized spacial score (nSPS) is 9.71. The lowest BCUT2D eigenvalue weighted by atomic mass is 10.2. The molecule has 14 heavy (non-hydrogen) atoms. The van der Waals surface area contributed by atoms with Crippen molar-refractivity contribution in [3.63, 3.8) is 0 Å². The second-order valence-corrected chi connectivity index (χ2v) is 4.24. The van der Waals surface area contributed by atoms with Gasteiger partial charge in [0, 0.05) is 0 Å². The van der Waals surface area contributed by atoms with Crippen LogP contribution in [0.25, 0.3) is 10.2 Å². The topological polar surface area (TPSA) is 12.9 Å². The van der Waals surface area contributed by atoms with E-state index >= 15 is 0 Å². The first-order chi connectivity index (χ1) is 6.79. The van der Waals surface area contributed by atoms with Crippen molar-refractivity contribution < 1.29 is 0 Å². The van der Waals surface area contributed by atoms with Crippen LogP contribution in [0, 0.1) is 0 Å². The molecule has 76 valence electrons. The summed E-state index contributed by atoms with van der Waals surface area (Å²) in [7, 11) is 0. The monoisotopic (exact) mass is 227 g/mol. The summed E-state index contributed by atoms with van der Waals surface area (Å²) in [6, 6.07) is 6.27. The summed E-state index contributed by atoms with van der Waals surface area (Å²) in [5, 5.41) is 0. The summed E-state index contributed by atoms with van der Waals surface area (Å²) in [5.41, 5.74) is 2.34. The molecule has 1 aromatic carbocycles. The van der Waals surface area contributed by atoms with Gasteiger partial charge in [-0.25, -0.2) is 4.98 Å². The molecular formula is C11H14ClNS. The molecule has 0 fully saturated rings. The standard InChI is InChI=1S/C9H8ClNS.C2H6/c1-2-6-3-4-7-8(5-6)12-9(10)11-7;1-2/h3-5H,2H2,1H3;1-2H3. The van der Waals surface area contributed by atoms with Crippen LogP contribution in [-0.2, 0) is 6.42 Å². The van der Waals surface area contributed by atoms with Gasteiger partial charge in [-0.2, -0.15) is 0 Å². The van der Waals surface area contributed by atoms with E-state index in [2.05, 4.69) is 24.0 Å². The number of fused-ring (bicyclic) bond motifs is 1. The lowest BCUT2D eigenvalue weighted by molar-refractivity contribution is 1.15. The predicted molar refractivity (Wildman–Crippen MR) is 65.4 cm³/mol. The zero-order valence-corrected chi connectivity index (χ0v) is 10.2. The first kappa shape index (κ1) is 11.5. The fourth-order valence-electron chi connectivity index (χ4n) is 1.16. The molecular weight excluding hydrogens is 214 g/mol. The molecule has 0 saturated carbocycles. The molecule has 0 spiro atoms. The maximum absolute atomic E-state index is 5.79. The lowest BCUT2D eigenvalue weighted by Gasteiger charge is -1.93. The Morgan fingerprint density at radius 3 is 2.71 bits per heavy atom. The van der Waals surface area contributed by atoms with Gasteiger partial charge in [0.2, 0.25) is 0 Å². The average molecular weight is 228 g/mol. The molecule has 3 heteroatoms. The predicted octanol–water partition coefficient (Wildman–Crippen LogP) is 4.54.